The average Bonchev–Trinajstić information content (AvgIpc) is 2.75. The van der Waals surface area contributed by atoms with Gasteiger partial charge in [-0.05, 0) is 40.1 Å². The molecule has 114 valence electrons. The fourth-order valence-corrected chi connectivity index (χ4v) is 2.17. The first-order chi connectivity index (χ1) is 10.0. The number of pyridine rings is 1. The van der Waals surface area contributed by atoms with Crippen LogP contribution in [0.15, 0.2) is 18.3 Å². The first-order valence-corrected chi connectivity index (χ1v) is 7.08. The minimum Gasteiger partial charge on any atom is -0.490 e. The Morgan fingerprint density at radius 1 is 1.48 bits per heavy atom. The maximum absolute atomic E-state index is 12.4. The molecule has 2 heterocycles. The Kier molecular flexibility index (Phi) is 4.80. The average molecular weight is 290 g/mol. The van der Waals surface area contributed by atoms with Crippen molar-refractivity contribution >= 4 is 11.6 Å². The Morgan fingerprint density at radius 3 is 2.90 bits per heavy atom. The molecule has 0 aromatic carbocycles. The van der Waals surface area contributed by atoms with Crippen molar-refractivity contribution in [2.75, 3.05) is 33.8 Å². The largest absolute Gasteiger partial charge is 0.490 e. The van der Waals surface area contributed by atoms with Crippen molar-refractivity contribution in [1.82, 2.24) is 19.6 Å². The molecule has 1 amide bonds. The Morgan fingerprint density at radius 2 is 2.24 bits per heavy atom. The van der Waals surface area contributed by atoms with Crippen molar-refractivity contribution < 1.29 is 9.53 Å². The highest BCUT2D eigenvalue weighted by atomic mass is 16.5. The molecular weight excluding hydrogens is 268 g/mol. The summed E-state index contributed by atoms with van der Waals surface area (Å²) in [5.74, 6) is 0.575. The van der Waals surface area contributed by atoms with E-state index in [4.69, 9.17) is 4.74 Å². The van der Waals surface area contributed by atoms with Gasteiger partial charge >= 0.3 is 0 Å². The Bertz CT molecular complexity index is 634. The van der Waals surface area contributed by atoms with Gasteiger partial charge in [0.1, 0.15) is 5.69 Å². The first-order valence-electron chi connectivity index (χ1n) is 7.08. The zero-order valence-electron chi connectivity index (χ0n) is 13.0. The van der Waals surface area contributed by atoms with Crippen LogP contribution in [0.3, 0.4) is 0 Å². The lowest BCUT2D eigenvalue weighted by molar-refractivity contribution is 0.0944. The fourth-order valence-electron chi connectivity index (χ4n) is 2.17. The van der Waals surface area contributed by atoms with Gasteiger partial charge in [-0.1, -0.05) is 0 Å². The fraction of sp³-hybridized carbons (Fsp3) is 0.467. The number of likely N-dealkylation sites (N-methyl/N-ethyl adjacent to an activating group) is 1. The lowest BCUT2D eigenvalue weighted by atomic mass is 10.3. The first kappa shape index (κ1) is 15.3. The Balaban J connectivity index is 2.29. The lowest BCUT2D eigenvalue weighted by Gasteiger charge is -2.11. The molecule has 0 aliphatic rings. The number of carbonyl (C=O) groups is 1. The van der Waals surface area contributed by atoms with Crippen LogP contribution in [0.2, 0.25) is 0 Å². The number of amides is 1. The molecule has 0 bridgehead atoms. The van der Waals surface area contributed by atoms with Crippen LogP contribution in [-0.4, -0.2) is 54.0 Å². The van der Waals surface area contributed by atoms with Crippen LogP contribution in [0.4, 0.5) is 0 Å². The summed E-state index contributed by atoms with van der Waals surface area (Å²) in [5, 5.41) is 2.92. The number of nitrogens with one attached hydrogen (secondary N) is 1. The molecule has 0 aliphatic carbocycles. The minimum absolute atomic E-state index is 0.115. The van der Waals surface area contributed by atoms with E-state index in [1.165, 1.54) is 0 Å². The molecular formula is C15H22N4O2. The minimum atomic E-state index is -0.115. The molecule has 6 nitrogen and oxygen atoms in total. The molecule has 0 unspecified atom stereocenters. The number of hydrogen-bond donors (Lipinski definition) is 1. The van der Waals surface area contributed by atoms with Crippen LogP contribution in [-0.2, 0) is 0 Å². The summed E-state index contributed by atoms with van der Waals surface area (Å²) in [6.45, 7) is 5.73. The third-order valence-corrected chi connectivity index (χ3v) is 3.15. The van der Waals surface area contributed by atoms with Gasteiger partial charge in [-0.15, -0.1) is 0 Å². The molecule has 2 rings (SSSR count). The number of aromatic nitrogens is 2. The number of rotatable bonds is 6. The number of fused-ring (bicyclic) bond motifs is 1. The number of imidazole rings is 1. The lowest BCUT2D eigenvalue weighted by Crippen LogP contribution is -2.32. The second kappa shape index (κ2) is 6.58. The van der Waals surface area contributed by atoms with E-state index >= 15 is 0 Å². The van der Waals surface area contributed by atoms with Crippen LogP contribution >= 0.6 is 0 Å². The van der Waals surface area contributed by atoms with Crippen LogP contribution in [0, 0.1) is 6.92 Å². The number of nitrogens with zero attached hydrogens (tertiary/aromatic N) is 3. The van der Waals surface area contributed by atoms with E-state index in [2.05, 4.69) is 10.3 Å². The predicted molar refractivity (Wildman–Crippen MR) is 82.0 cm³/mol. The van der Waals surface area contributed by atoms with Gasteiger partial charge < -0.3 is 15.0 Å². The van der Waals surface area contributed by atoms with Crippen molar-refractivity contribution in [3.63, 3.8) is 0 Å². The van der Waals surface area contributed by atoms with Crippen LogP contribution in [0.25, 0.3) is 5.65 Å². The van der Waals surface area contributed by atoms with Crippen molar-refractivity contribution in [1.29, 1.82) is 0 Å². The molecule has 0 saturated carbocycles. The quantitative estimate of drug-likeness (QED) is 0.872. The standard InChI is InChI=1S/C15H22N4O2/c1-5-21-12-7-6-9-19-13(11(2)17-14(12)19)15(20)16-8-10-18(3)4/h6-7,9H,5,8,10H2,1-4H3,(H,16,20). The van der Waals surface area contributed by atoms with Crippen molar-refractivity contribution in [3.05, 3.63) is 29.7 Å². The van der Waals surface area contributed by atoms with Crippen molar-refractivity contribution in [3.8, 4) is 5.75 Å². The van der Waals surface area contributed by atoms with Crippen molar-refractivity contribution in [2.45, 2.75) is 13.8 Å². The second-order valence-corrected chi connectivity index (χ2v) is 5.10. The monoisotopic (exact) mass is 290 g/mol. The maximum Gasteiger partial charge on any atom is 0.270 e. The maximum atomic E-state index is 12.4. The molecule has 0 atom stereocenters. The zero-order chi connectivity index (χ0) is 15.4. The van der Waals surface area contributed by atoms with Gasteiger partial charge in [-0.3, -0.25) is 9.20 Å². The molecule has 2 aromatic rings. The SMILES string of the molecule is CCOc1cccn2c(C(=O)NCCN(C)C)c(C)nc12. The highest BCUT2D eigenvalue weighted by Crippen LogP contribution is 2.21. The summed E-state index contributed by atoms with van der Waals surface area (Å²) < 4.78 is 7.34. The summed E-state index contributed by atoms with van der Waals surface area (Å²) in [6, 6.07) is 3.72. The van der Waals surface area contributed by atoms with Gasteiger partial charge in [0.2, 0.25) is 0 Å². The van der Waals surface area contributed by atoms with E-state index in [0.717, 1.165) is 6.54 Å². The highest BCUT2D eigenvalue weighted by molar-refractivity contribution is 5.94. The van der Waals surface area contributed by atoms with E-state index < -0.39 is 0 Å². The molecule has 1 N–H and O–H groups in total. The summed E-state index contributed by atoms with van der Waals surface area (Å²) >= 11 is 0. The van der Waals surface area contributed by atoms with E-state index in [-0.39, 0.29) is 5.91 Å². The van der Waals surface area contributed by atoms with Crippen LogP contribution in [0.1, 0.15) is 23.1 Å². The Labute approximate surface area is 124 Å². The number of aryl methyl sites for hydroxylation is 1. The highest BCUT2D eigenvalue weighted by Gasteiger charge is 2.18. The summed E-state index contributed by atoms with van der Waals surface area (Å²) in [7, 11) is 3.94. The molecule has 0 fully saturated rings. The van der Waals surface area contributed by atoms with Gasteiger partial charge in [0.05, 0.1) is 12.3 Å². The zero-order valence-corrected chi connectivity index (χ0v) is 13.0. The normalized spacial score (nSPS) is 11.1. The third kappa shape index (κ3) is 3.33. The van der Waals surface area contributed by atoms with Crippen LogP contribution < -0.4 is 10.1 Å². The van der Waals surface area contributed by atoms with Crippen molar-refractivity contribution in [2.24, 2.45) is 0 Å². The molecule has 6 heteroatoms. The van der Waals surface area contributed by atoms with Gasteiger partial charge in [0, 0.05) is 19.3 Å². The van der Waals surface area contributed by atoms with Gasteiger partial charge in [0.25, 0.3) is 5.91 Å². The smallest absolute Gasteiger partial charge is 0.270 e. The number of hydrogen-bond acceptors (Lipinski definition) is 4. The molecule has 0 saturated heterocycles. The number of ether oxygens (including phenoxy) is 1. The topological polar surface area (TPSA) is 58.9 Å². The third-order valence-electron chi connectivity index (χ3n) is 3.15. The molecule has 21 heavy (non-hydrogen) atoms. The van der Waals surface area contributed by atoms with E-state index in [0.29, 0.717) is 35.9 Å². The van der Waals surface area contributed by atoms with Gasteiger partial charge in [0.15, 0.2) is 11.4 Å². The van der Waals surface area contributed by atoms with E-state index in [1.54, 1.807) is 4.40 Å². The summed E-state index contributed by atoms with van der Waals surface area (Å²) in [6.07, 6.45) is 1.83. The molecule has 2 aromatic heterocycles. The second-order valence-electron chi connectivity index (χ2n) is 5.10. The molecule has 0 radical (unpaired) electrons. The Hall–Kier alpha value is -2.08. The van der Waals surface area contributed by atoms with E-state index in [1.807, 2.05) is 51.2 Å². The molecule has 0 aliphatic heterocycles. The van der Waals surface area contributed by atoms with Gasteiger partial charge in [-0.2, -0.15) is 0 Å². The summed E-state index contributed by atoms with van der Waals surface area (Å²) in [5.41, 5.74) is 1.93. The predicted octanol–water partition coefficient (Wildman–Crippen LogP) is 1.33. The molecule has 0 spiro atoms. The van der Waals surface area contributed by atoms with E-state index in [9.17, 15) is 4.79 Å². The number of carbonyl (C=O) groups excluding carboxylic acids is 1. The van der Waals surface area contributed by atoms with Crippen LogP contribution in [0.5, 0.6) is 5.75 Å². The van der Waals surface area contributed by atoms with Gasteiger partial charge in [-0.25, -0.2) is 4.98 Å². The summed E-state index contributed by atoms with van der Waals surface area (Å²) in [4.78, 5) is 18.8.